The molecule has 310 valence electrons. The average Bonchev–Trinajstić information content (AvgIpc) is 3.29. The fourth-order valence-corrected chi connectivity index (χ4v) is 7.06. The van der Waals surface area contributed by atoms with E-state index >= 15 is 0 Å². The predicted octanol–water partition coefficient (Wildman–Crippen LogP) is 15.8. The number of benzene rings is 4. The standard InChI is InChI=1S/C28H35NO.C27H33NO/c1-3-5-7-8-9-10-23-11-20-28(29-22-23)26-14-12-24(13-15-26)25-16-18-27(19-17-25)30-21-6-4-2;1-3-5-6-7-8-9-22-10-19-27(28-21-22)25-13-11-23(12-14-25)24-15-17-26(18-16-24)29-20-4-2/h11-20,22H,3-10,21H2,1-2H3;10-19,21H,3-9,20H2,1-2H3. The number of rotatable bonds is 23. The summed E-state index contributed by atoms with van der Waals surface area (Å²) >= 11 is 0. The first kappa shape index (κ1) is 44.9. The Labute approximate surface area is 356 Å². The van der Waals surface area contributed by atoms with Gasteiger partial charge in [0.1, 0.15) is 11.5 Å². The lowest BCUT2D eigenvalue weighted by Gasteiger charge is -2.08. The molecule has 4 nitrogen and oxygen atoms in total. The Morgan fingerprint density at radius 1 is 0.322 bits per heavy atom. The summed E-state index contributed by atoms with van der Waals surface area (Å²) in [5.41, 5.74) is 11.9. The largest absolute Gasteiger partial charge is 0.494 e. The molecule has 2 heterocycles. The van der Waals surface area contributed by atoms with Gasteiger partial charge in [0.05, 0.1) is 24.6 Å². The second-order valence-corrected chi connectivity index (χ2v) is 15.7. The van der Waals surface area contributed by atoms with Crippen molar-refractivity contribution in [2.24, 2.45) is 0 Å². The van der Waals surface area contributed by atoms with E-state index in [1.54, 1.807) is 0 Å². The van der Waals surface area contributed by atoms with Crippen LogP contribution in [0.4, 0.5) is 0 Å². The predicted molar refractivity (Wildman–Crippen MR) is 251 cm³/mol. The van der Waals surface area contributed by atoms with Crippen molar-refractivity contribution in [3.63, 3.8) is 0 Å². The summed E-state index contributed by atoms with van der Waals surface area (Å²) in [5.74, 6) is 1.88. The van der Waals surface area contributed by atoms with Crippen molar-refractivity contribution >= 4 is 0 Å². The maximum absolute atomic E-state index is 5.76. The molecule has 2 aromatic heterocycles. The number of pyridine rings is 2. The van der Waals surface area contributed by atoms with Crippen molar-refractivity contribution in [2.75, 3.05) is 13.2 Å². The smallest absolute Gasteiger partial charge is 0.119 e. The normalized spacial score (nSPS) is 10.8. The highest BCUT2D eigenvalue weighted by Crippen LogP contribution is 2.28. The van der Waals surface area contributed by atoms with Crippen molar-refractivity contribution in [1.82, 2.24) is 9.97 Å². The van der Waals surface area contributed by atoms with Crippen LogP contribution in [0, 0.1) is 0 Å². The van der Waals surface area contributed by atoms with Gasteiger partial charge in [0.25, 0.3) is 0 Å². The van der Waals surface area contributed by atoms with E-state index in [0.717, 1.165) is 79.3 Å². The Balaban J connectivity index is 0.000000224. The zero-order valence-corrected chi connectivity index (χ0v) is 36.4. The fourth-order valence-electron chi connectivity index (χ4n) is 7.06. The van der Waals surface area contributed by atoms with Crippen LogP contribution in [0.3, 0.4) is 0 Å². The first-order valence-electron chi connectivity index (χ1n) is 22.7. The van der Waals surface area contributed by atoms with Crippen LogP contribution in [-0.2, 0) is 12.8 Å². The third kappa shape index (κ3) is 15.5. The minimum absolute atomic E-state index is 0.763. The highest BCUT2D eigenvalue weighted by Gasteiger charge is 2.06. The first-order valence-corrected chi connectivity index (χ1v) is 22.7. The lowest BCUT2D eigenvalue weighted by molar-refractivity contribution is 0.309. The lowest BCUT2D eigenvalue weighted by atomic mass is 10.0. The maximum Gasteiger partial charge on any atom is 0.119 e. The Morgan fingerprint density at radius 3 is 1.03 bits per heavy atom. The van der Waals surface area contributed by atoms with Gasteiger partial charge in [-0.2, -0.15) is 0 Å². The summed E-state index contributed by atoms with van der Waals surface area (Å²) in [6.07, 6.45) is 22.8. The molecule has 0 spiro atoms. The molecule has 0 bridgehead atoms. The summed E-state index contributed by atoms with van der Waals surface area (Å²) in [4.78, 5) is 9.39. The highest BCUT2D eigenvalue weighted by atomic mass is 16.5. The molecule has 6 aromatic rings. The van der Waals surface area contributed by atoms with E-state index in [9.17, 15) is 0 Å². The number of nitrogens with zero attached hydrogens (tertiary/aromatic N) is 2. The molecule has 0 aliphatic carbocycles. The first-order chi connectivity index (χ1) is 29.1. The van der Waals surface area contributed by atoms with E-state index in [2.05, 4.69) is 137 Å². The molecule has 59 heavy (non-hydrogen) atoms. The van der Waals surface area contributed by atoms with Gasteiger partial charge in [-0.05, 0) is 108 Å². The second kappa shape index (κ2) is 26.0. The summed E-state index contributed by atoms with van der Waals surface area (Å²) in [5, 5.41) is 0. The van der Waals surface area contributed by atoms with E-state index in [1.165, 1.54) is 97.6 Å². The molecule has 0 radical (unpaired) electrons. The molecule has 0 aliphatic rings. The van der Waals surface area contributed by atoms with Gasteiger partial charge < -0.3 is 9.47 Å². The van der Waals surface area contributed by atoms with Crippen LogP contribution in [0.2, 0.25) is 0 Å². The second-order valence-electron chi connectivity index (χ2n) is 15.7. The topological polar surface area (TPSA) is 44.2 Å². The minimum Gasteiger partial charge on any atom is -0.494 e. The molecule has 0 saturated carbocycles. The molecule has 0 aliphatic heterocycles. The van der Waals surface area contributed by atoms with Crippen molar-refractivity contribution in [3.8, 4) is 56.3 Å². The monoisotopic (exact) mass is 789 g/mol. The van der Waals surface area contributed by atoms with Gasteiger partial charge in [-0.15, -0.1) is 0 Å². The molecular formula is C55H68N2O2. The van der Waals surface area contributed by atoms with Crippen LogP contribution >= 0.6 is 0 Å². The molecule has 0 atom stereocenters. The third-order valence-corrected chi connectivity index (χ3v) is 10.8. The molecule has 0 fully saturated rings. The summed E-state index contributed by atoms with van der Waals surface area (Å²) in [7, 11) is 0. The van der Waals surface area contributed by atoms with E-state index in [1.807, 2.05) is 24.5 Å². The third-order valence-electron chi connectivity index (χ3n) is 10.8. The van der Waals surface area contributed by atoms with E-state index in [-0.39, 0.29) is 0 Å². The van der Waals surface area contributed by atoms with Crippen LogP contribution < -0.4 is 9.47 Å². The molecule has 0 amide bonds. The van der Waals surface area contributed by atoms with Crippen molar-refractivity contribution in [1.29, 1.82) is 0 Å². The lowest BCUT2D eigenvalue weighted by Crippen LogP contribution is -1.95. The highest BCUT2D eigenvalue weighted by molar-refractivity contribution is 5.70. The molecule has 0 saturated heterocycles. The van der Waals surface area contributed by atoms with Crippen LogP contribution in [0.15, 0.2) is 134 Å². The van der Waals surface area contributed by atoms with Crippen molar-refractivity contribution in [2.45, 2.75) is 124 Å². The molecular weight excluding hydrogens is 721 g/mol. The van der Waals surface area contributed by atoms with Crippen LogP contribution in [0.25, 0.3) is 44.8 Å². The van der Waals surface area contributed by atoms with Crippen molar-refractivity contribution in [3.05, 3.63) is 145 Å². The van der Waals surface area contributed by atoms with Gasteiger partial charge >= 0.3 is 0 Å². The van der Waals surface area contributed by atoms with E-state index in [4.69, 9.17) is 19.4 Å². The SMILES string of the molecule is CCCCCCCc1ccc(-c2ccc(-c3ccc(OCCC)cc3)cc2)nc1.CCCCCCCc1ccc(-c2ccc(-c3ccc(OCCCC)cc3)cc2)nc1. The summed E-state index contributed by atoms with van der Waals surface area (Å²) in [6, 6.07) is 42.8. The Hall–Kier alpha value is -5.22. The van der Waals surface area contributed by atoms with Crippen LogP contribution in [-0.4, -0.2) is 23.2 Å². The van der Waals surface area contributed by atoms with Gasteiger partial charge in [-0.25, -0.2) is 0 Å². The van der Waals surface area contributed by atoms with E-state index < -0.39 is 0 Å². The number of hydrogen-bond donors (Lipinski definition) is 0. The summed E-state index contributed by atoms with van der Waals surface area (Å²) in [6.45, 7) is 10.4. The van der Waals surface area contributed by atoms with Gasteiger partial charge in [-0.3, -0.25) is 9.97 Å². The summed E-state index contributed by atoms with van der Waals surface area (Å²) < 4.78 is 11.4. The molecule has 0 unspecified atom stereocenters. The number of aromatic nitrogens is 2. The van der Waals surface area contributed by atoms with Gasteiger partial charge in [0.15, 0.2) is 0 Å². The molecule has 4 aromatic carbocycles. The number of ether oxygens (including phenoxy) is 2. The Kier molecular flexibility index (Phi) is 19.8. The molecule has 4 heteroatoms. The fraction of sp³-hybridized carbons (Fsp3) is 0.382. The Bertz CT molecular complexity index is 1980. The van der Waals surface area contributed by atoms with Gasteiger partial charge in [-0.1, -0.05) is 170 Å². The average molecular weight is 789 g/mol. The maximum atomic E-state index is 5.76. The molecule has 6 rings (SSSR count). The minimum atomic E-state index is 0.763. The number of aryl methyl sites for hydroxylation is 2. The zero-order valence-electron chi connectivity index (χ0n) is 36.4. The number of hydrogen-bond acceptors (Lipinski definition) is 4. The van der Waals surface area contributed by atoms with E-state index in [0.29, 0.717) is 0 Å². The quantitative estimate of drug-likeness (QED) is 0.0607. The Morgan fingerprint density at radius 2 is 0.678 bits per heavy atom. The van der Waals surface area contributed by atoms with Crippen LogP contribution in [0.5, 0.6) is 11.5 Å². The van der Waals surface area contributed by atoms with Gasteiger partial charge in [0.2, 0.25) is 0 Å². The molecule has 0 N–H and O–H groups in total. The zero-order chi connectivity index (χ0) is 41.3. The number of unbranched alkanes of at least 4 members (excludes halogenated alkanes) is 9. The van der Waals surface area contributed by atoms with Gasteiger partial charge in [0, 0.05) is 23.5 Å². The van der Waals surface area contributed by atoms with Crippen LogP contribution in [0.1, 0.15) is 122 Å². The van der Waals surface area contributed by atoms with Crippen molar-refractivity contribution < 1.29 is 9.47 Å².